The van der Waals surface area contributed by atoms with Gasteiger partial charge in [0.25, 0.3) is 0 Å². The number of hydrogen-bond donors (Lipinski definition) is 2. The number of halogens is 1. The highest BCUT2D eigenvalue weighted by atomic mass is 19.1. The largest absolute Gasteiger partial charge is 0.396 e. The molecule has 2 rings (SSSR count). The Balaban J connectivity index is 2.07. The third-order valence-electron chi connectivity index (χ3n) is 3.00. The molecule has 0 spiro atoms. The quantitative estimate of drug-likeness (QED) is 0.822. The first-order chi connectivity index (χ1) is 10.0. The normalized spacial score (nSPS) is 10.6. The fraction of sp³-hybridized carbons (Fsp3) is 0.357. The first-order valence-electron chi connectivity index (χ1n) is 6.81. The SMILES string of the molecule is CCc1nc(CC)n(CC(=O)Nc2ccc(F)c(N)c2)n1. The minimum atomic E-state index is -0.509. The maximum absolute atomic E-state index is 13.1. The minimum absolute atomic E-state index is 0.00364. The van der Waals surface area contributed by atoms with Crippen molar-refractivity contribution in [1.29, 1.82) is 0 Å². The van der Waals surface area contributed by atoms with E-state index in [0.717, 1.165) is 12.2 Å². The van der Waals surface area contributed by atoms with Crippen molar-refractivity contribution < 1.29 is 9.18 Å². The van der Waals surface area contributed by atoms with Crippen molar-refractivity contribution >= 4 is 17.3 Å². The van der Waals surface area contributed by atoms with Crippen molar-refractivity contribution in [2.75, 3.05) is 11.1 Å². The standard InChI is InChI=1S/C14H18FN5O/c1-3-12-18-13(4-2)20(19-12)8-14(21)17-9-5-6-10(15)11(16)7-9/h5-7H,3-4,8,16H2,1-2H3,(H,17,21). The lowest BCUT2D eigenvalue weighted by Crippen LogP contribution is -2.21. The van der Waals surface area contributed by atoms with Crippen LogP contribution in [0.15, 0.2) is 18.2 Å². The Morgan fingerprint density at radius 3 is 2.76 bits per heavy atom. The zero-order valence-corrected chi connectivity index (χ0v) is 12.1. The number of nitrogens with one attached hydrogen (secondary N) is 1. The van der Waals surface area contributed by atoms with Gasteiger partial charge in [-0.15, -0.1) is 0 Å². The van der Waals surface area contributed by atoms with Crippen LogP contribution in [0, 0.1) is 5.82 Å². The molecule has 0 aliphatic carbocycles. The lowest BCUT2D eigenvalue weighted by molar-refractivity contribution is -0.116. The number of carbonyl (C=O) groups excluding carboxylic acids is 1. The monoisotopic (exact) mass is 291 g/mol. The van der Waals surface area contributed by atoms with E-state index >= 15 is 0 Å². The van der Waals surface area contributed by atoms with Crippen LogP contribution in [-0.4, -0.2) is 20.7 Å². The van der Waals surface area contributed by atoms with Gasteiger partial charge in [0.05, 0.1) is 5.69 Å². The van der Waals surface area contributed by atoms with E-state index in [2.05, 4.69) is 15.4 Å². The number of anilines is 2. The molecule has 0 saturated carbocycles. The summed E-state index contributed by atoms with van der Waals surface area (Å²) in [5, 5.41) is 6.94. The number of rotatable bonds is 5. The summed E-state index contributed by atoms with van der Waals surface area (Å²) in [5.74, 6) is 0.708. The van der Waals surface area contributed by atoms with Crippen LogP contribution in [0.25, 0.3) is 0 Å². The molecule has 0 aliphatic heterocycles. The number of benzene rings is 1. The fourth-order valence-electron chi connectivity index (χ4n) is 1.92. The van der Waals surface area contributed by atoms with E-state index in [1.54, 1.807) is 4.68 Å². The molecule has 1 amide bonds. The topological polar surface area (TPSA) is 85.8 Å². The van der Waals surface area contributed by atoms with E-state index in [1.807, 2.05) is 13.8 Å². The van der Waals surface area contributed by atoms with Crippen LogP contribution < -0.4 is 11.1 Å². The van der Waals surface area contributed by atoms with Crippen molar-refractivity contribution in [2.45, 2.75) is 33.2 Å². The summed E-state index contributed by atoms with van der Waals surface area (Å²) in [6.07, 6.45) is 1.42. The molecular weight excluding hydrogens is 273 g/mol. The highest BCUT2D eigenvalue weighted by molar-refractivity contribution is 5.91. The first kappa shape index (κ1) is 15.0. The van der Waals surface area contributed by atoms with Gasteiger partial charge in [0.15, 0.2) is 5.82 Å². The maximum atomic E-state index is 13.1. The lowest BCUT2D eigenvalue weighted by atomic mass is 10.2. The Morgan fingerprint density at radius 1 is 1.38 bits per heavy atom. The van der Waals surface area contributed by atoms with E-state index in [9.17, 15) is 9.18 Å². The number of aryl methyl sites for hydroxylation is 2. The van der Waals surface area contributed by atoms with Crippen LogP contribution in [0.3, 0.4) is 0 Å². The first-order valence-corrected chi connectivity index (χ1v) is 6.81. The molecule has 1 heterocycles. The van der Waals surface area contributed by atoms with Gasteiger partial charge in [-0.2, -0.15) is 5.10 Å². The summed E-state index contributed by atoms with van der Waals surface area (Å²) in [6, 6.07) is 4.06. The molecule has 0 fully saturated rings. The molecule has 6 nitrogen and oxygen atoms in total. The molecule has 1 aromatic carbocycles. The second-order valence-electron chi connectivity index (χ2n) is 4.59. The van der Waals surface area contributed by atoms with Gasteiger partial charge < -0.3 is 11.1 Å². The second kappa shape index (κ2) is 6.34. The van der Waals surface area contributed by atoms with Crippen LogP contribution in [0.5, 0.6) is 0 Å². The molecule has 112 valence electrons. The average molecular weight is 291 g/mol. The van der Waals surface area contributed by atoms with E-state index in [0.29, 0.717) is 17.9 Å². The van der Waals surface area contributed by atoms with Crippen LogP contribution >= 0.6 is 0 Å². The van der Waals surface area contributed by atoms with E-state index in [4.69, 9.17) is 5.73 Å². The molecular formula is C14H18FN5O. The van der Waals surface area contributed by atoms with Crippen molar-refractivity contribution in [1.82, 2.24) is 14.8 Å². The zero-order chi connectivity index (χ0) is 15.4. The molecule has 0 bridgehead atoms. The number of hydrogen-bond acceptors (Lipinski definition) is 4. The predicted molar refractivity (Wildman–Crippen MR) is 78.2 cm³/mol. The maximum Gasteiger partial charge on any atom is 0.246 e. The number of aromatic nitrogens is 3. The Morgan fingerprint density at radius 2 is 2.14 bits per heavy atom. The van der Waals surface area contributed by atoms with Crippen LogP contribution in [-0.2, 0) is 24.2 Å². The van der Waals surface area contributed by atoms with Crippen molar-refractivity contribution in [3.05, 3.63) is 35.7 Å². The molecule has 7 heteroatoms. The average Bonchev–Trinajstić information content (AvgIpc) is 2.85. The summed E-state index contributed by atoms with van der Waals surface area (Å²) in [7, 11) is 0. The van der Waals surface area contributed by atoms with E-state index < -0.39 is 5.82 Å². The lowest BCUT2D eigenvalue weighted by Gasteiger charge is -2.07. The van der Waals surface area contributed by atoms with Gasteiger partial charge in [0, 0.05) is 18.5 Å². The Kier molecular flexibility index (Phi) is 4.52. The number of amides is 1. The van der Waals surface area contributed by atoms with Gasteiger partial charge in [-0.3, -0.25) is 4.79 Å². The molecule has 0 saturated heterocycles. The summed E-state index contributed by atoms with van der Waals surface area (Å²) >= 11 is 0. The van der Waals surface area contributed by atoms with Gasteiger partial charge in [0.1, 0.15) is 18.2 Å². The van der Waals surface area contributed by atoms with Gasteiger partial charge in [-0.25, -0.2) is 14.1 Å². The Hall–Kier alpha value is -2.44. The molecule has 21 heavy (non-hydrogen) atoms. The third kappa shape index (κ3) is 3.56. The summed E-state index contributed by atoms with van der Waals surface area (Å²) in [6.45, 7) is 3.98. The fourth-order valence-corrected chi connectivity index (χ4v) is 1.92. The van der Waals surface area contributed by atoms with Crippen molar-refractivity contribution in [2.24, 2.45) is 0 Å². The van der Waals surface area contributed by atoms with Gasteiger partial charge in [-0.05, 0) is 18.2 Å². The predicted octanol–water partition coefficient (Wildman–Crippen LogP) is 1.76. The minimum Gasteiger partial charge on any atom is -0.396 e. The molecule has 0 aliphatic rings. The van der Waals surface area contributed by atoms with Gasteiger partial charge in [-0.1, -0.05) is 13.8 Å². The molecule has 2 aromatic rings. The molecule has 1 aromatic heterocycles. The summed E-state index contributed by atoms with van der Waals surface area (Å²) < 4.78 is 14.6. The third-order valence-corrected chi connectivity index (χ3v) is 3.00. The molecule has 0 unspecified atom stereocenters. The Bertz CT molecular complexity index is 653. The molecule has 0 radical (unpaired) electrons. The summed E-state index contributed by atoms with van der Waals surface area (Å²) in [4.78, 5) is 16.3. The van der Waals surface area contributed by atoms with Crippen LogP contribution in [0.4, 0.5) is 15.8 Å². The van der Waals surface area contributed by atoms with E-state index in [-0.39, 0.29) is 18.1 Å². The summed E-state index contributed by atoms with van der Waals surface area (Å²) in [5.41, 5.74) is 5.91. The number of carbonyl (C=O) groups is 1. The molecule has 3 N–H and O–H groups in total. The van der Waals surface area contributed by atoms with Crippen molar-refractivity contribution in [3.63, 3.8) is 0 Å². The van der Waals surface area contributed by atoms with Crippen LogP contribution in [0.2, 0.25) is 0 Å². The second-order valence-corrected chi connectivity index (χ2v) is 4.59. The van der Waals surface area contributed by atoms with E-state index in [1.165, 1.54) is 18.2 Å². The van der Waals surface area contributed by atoms with Crippen LogP contribution in [0.1, 0.15) is 25.5 Å². The number of nitrogen functional groups attached to an aromatic ring is 1. The van der Waals surface area contributed by atoms with Gasteiger partial charge >= 0.3 is 0 Å². The molecule has 0 atom stereocenters. The highest BCUT2D eigenvalue weighted by Gasteiger charge is 2.11. The highest BCUT2D eigenvalue weighted by Crippen LogP contribution is 2.16. The number of nitrogens with zero attached hydrogens (tertiary/aromatic N) is 3. The van der Waals surface area contributed by atoms with Crippen molar-refractivity contribution in [3.8, 4) is 0 Å². The number of nitrogens with two attached hydrogens (primary N) is 1. The smallest absolute Gasteiger partial charge is 0.246 e. The zero-order valence-electron chi connectivity index (χ0n) is 12.1. The Labute approximate surface area is 122 Å². The van der Waals surface area contributed by atoms with Gasteiger partial charge in [0.2, 0.25) is 5.91 Å².